The lowest BCUT2D eigenvalue weighted by Crippen LogP contribution is -2.09. The van der Waals surface area contributed by atoms with Crippen molar-refractivity contribution in [3.8, 4) is 0 Å². The van der Waals surface area contributed by atoms with E-state index in [1.165, 1.54) is 5.56 Å². The van der Waals surface area contributed by atoms with E-state index in [4.69, 9.17) is 4.74 Å². The molecular weight excluding hydrogens is 176 g/mol. The average Bonchev–Trinajstić information content (AvgIpc) is 2.85. The van der Waals surface area contributed by atoms with E-state index in [-0.39, 0.29) is 24.0 Å². The molecule has 1 fully saturated rings. The van der Waals surface area contributed by atoms with Crippen molar-refractivity contribution in [2.45, 2.75) is 18.4 Å². The highest BCUT2D eigenvalue weighted by atomic mass is 16.5. The van der Waals surface area contributed by atoms with E-state index < -0.39 is 0 Å². The van der Waals surface area contributed by atoms with Crippen LogP contribution in [0.15, 0.2) is 30.3 Å². The lowest BCUT2D eigenvalue weighted by atomic mass is 9.95. The van der Waals surface area contributed by atoms with Gasteiger partial charge in [0.05, 0.1) is 6.10 Å². The maximum absolute atomic E-state index is 9.22. The molecule has 0 aromatic heterocycles. The second kappa shape index (κ2) is 3.37. The van der Waals surface area contributed by atoms with Gasteiger partial charge in [-0.3, -0.25) is 0 Å². The van der Waals surface area contributed by atoms with Crippen LogP contribution in [0.4, 0.5) is 0 Å². The van der Waals surface area contributed by atoms with E-state index in [0.717, 1.165) is 0 Å². The van der Waals surface area contributed by atoms with Crippen molar-refractivity contribution >= 4 is 0 Å². The minimum Gasteiger partial charge on any atom is -0.396 e. The van der Waals surface area contributed by atoms with Gasteiger partial charge in [0, 0.05) is 25.0 Å². The van der Waals surface area contributed by atoms with Crippen molar-refractivity contribution in [1.82, 2.24) is 0 Å². The van der Waals surface area contributed by atoms with Crippen molar-refractivity contribution in [2.24, 2.45) is 5.92 Å². The highest BCUT2D eigenvalue weighted by Gasteiger charge is 2.62. The predicted octanol–water partition coefficient (Wildman–Crippen LogP) is 1.58. The Bertz CT molecular complexity index is 297. The molecule has 0 bridgehead atoms. The third-order valence-corrected chi connectivity index (χ3v) is 3.46. The molecule has 1 aliphatic carbocycles. The van der Waals surface area contributed by atoms with Crippen LogP contribution in [0.25, 0.3) is 0 Å². The monoisotopic (exact) mass is 192 g/mol. The normalized spacial score (nSPS) is 35.6. The summed E-state index contributed by atoms with van der Waals surface area (Å²) in [6.07, 6.45) is 0.162. The van der Waals surface area contributed by atoms with Crippen molar-refractivity contribution in [3.05, 3.63) is 35.9 Å². The molecular formula is C12H16O2. The van der Waals surface area contributed by atoms with E-state index in [1.54, 1.807) is 7.11 Å². The van der Waals surface area contributed by atoms with Gasteiger partial charge in [0.2, 0.25) is 0 Å². The van der Waals surface area contributed by atoms with E-state index >= 15 is 0 Å². The Labute approximate surface area is 84.5 Å². The fourth-order valence-corrected chi connectivity index (χ4v) is 2.43. The van der Waals surface area contributed by atoms with Crippen LogP contribution in [0.2, 0.25) is 0 Å². The van der Waals surface area contributed by atoms with Gasteiger partial charge in [0.25, 0.3) is 0 Å². The summed E-state index contributed by atoms with van der Waals surface area (Å²) in [5, 5.41) is 9.22. The molecule has 0 radical (unpaired) electrons. The van der Waals surface area contributed by atoms with Gasteiger partial charge in [-0.25, -0.2) is 0 Å². The van der Waals surface area contributed by atoms with Crippen molar-refractivity contribution in [3.63, 3.8) is 0 Å². The number of aliphatic hydroxyl groups is 1. The number of hydrogen-bond acceptors (Lipinski definition) is 2. The Morgan fingerprint density at radius 1 is 1.36 bits per heavy atom. The summed E-state index contributed by atoms with van der Waals surface area (Å²) in [5.74, 6) is 0.245. The quantitative estimate of drug-likeness (QED) is 0.788. The number of ether oxygens (including phenoxy) is 1. The molecule has 2 rings (SSSR count). The third kappa shape index (κ3) is 1.18. The van der Waals surface area contributed by atoms with Crippen LogP contribution in [0.1, 0.15) is 12.5 Å². The molecule has 14 heavy (non-hydrogen) atoms. The minimum absolute atomic E-state index is 0.00472. The van der Waals surface area contributed by atoms with Gasteiger partial charge in [-0.2, -0.15) is 0 Å². The van der Waals surface area contributed by atoms with Crippen LogP contribution in [0.5, 0.6) is 0 Å². The minimum atomic E-state index is 0.00472. The fraction of sp³-hybridized carbons (Fsp3) is 0.500. The molecule has 0 aliphatic heterocycles. The summed E-state index contributed by atoms with van der Waals surface area (Å²) >= 11 is 0. The summed E-state index contributed by atoms with van der Waals surface area (Å²) < 4.78 is 5.37. The van der Waals surface area contributed by atoms with Crippen LogP contribution in [0, 0.1) is 5.92 Å². The zero-order valence-electron chi connectivity index (χ0n) is 8.60. The van der Waals surface area contributed by atoms with Crippen molar-refractivity contribution in [1.29, 1.82) is 0 Å². The first-order chi connectivity index (χ1) is 6.75. The molecule has 1 saturated carbocycles. The Morgan fingerprint density at radius 2 is 2.00 bits per heavy atom. The molecule has 76 valence electrons. The topological polar surface area (TPSA) is 29.5 Å². The summed E-state index contributed by atoms with van der Waals surface area (Å²) in [7, 11) is 1.71. The molecule has 1 aromatic rings. The Balaban J connectivity index is 2.27. The first-order valence-corrected chi connectivity index (χ1v) is 4.94. The van der Waals surface area contributed by atoms with Gasteiger partial charge in [0.15, 0.2) is 0 Å². The van der Waals surface area contributed by atoms with E-state index in [2.05, 4.69) is 19.1 Å². The molecule has 2 nitrogen and oxygen atoms in total. The molecule has 1 aliphatic rings. The van der Waals surface area contributed by atoms with Crippen molar-refractivity contribution in [2.75, 3.05) is 13.7 Å². The molecule has 0 spiro atoms. The first-order valence-electron chi connectivity index (χ1n) is 4.94. The van der Waals surface area contributed by atoms with E-state index in [0.29, 0.717) is 0 Å². The van der Waals surface area contributed by atoms with Crippen LogP contribution in [0.3, 0.4) is 0 Å². The Kier molecular flexibility index (Phi) is 2.33. The summed E-state index contributed by atoms with van der Waals surface area (Å²) in [6, 6.07) is 10.3. The lowest BCUT2D eigenvalue weighted by molar-refractivity contribution is 0.144. The first kappa shape index (κ1) is 9.69. The molecule has 0 unspecified atom stereocenters. The smallest absolute Gasteiger partial charge is 0.0729 e. The predicted molar refractivity (Wildman–Crippen MR) is 55.2 cm³/mol. The molecule has 3 atom stereocenters. The van der Waals surface area contributed by atoms with Crippen LogP contribution >= 0.6 is 0 Å². The van der Waals surface area contributed by atoms with Crippen LogP contribution in [-0.4, -0.2) is 24.9 Å². The molecule has 0 amide bonds. The number of hydrogen-bond donors (Lipinski definition) is 1. The van der Waals surface area contributed by atoms with Crippen LogP contribution < -0.4 is 0 Å². The number of benzene rings is 1. The second-order valence-electron chi connectivity index (χ2n) is 4.09. The maximum atomic E-state index is 9.22. The molecule has 2 heteroatoms. The molecule has 1 aromatic carbocycles. The van der Waals surface area contributed by atoms with Gasteiger partial charge < -0.3 is 9.84 Å². The summed E-state index contributed by atoms with van der Waals surface area (Å²) in [6.45, 7) is 2.35. The second-order valence-corrected chi connectivity index (χ2v) is 4.09. The van der Waals surface area contributed by atoms with Gasteiger partial charge in [-0.1, -0.05) is 37.3 Å². The standard InChI is InChI=1S/C12H16O2/c1-12(9-6-4-3-5-7-9)10(8-13)11(12)14-2/h3-7,10-11,13H,8H2,1-2H3/t10-,11-,12+/m1/s1. The molecule has 1 N–H and O–H groups in total. The molecule has 0 saturated heterocycles. The van der Waals surface area contributed by atoms with Gasteiger partial charge >= 0.3 is 0 Å². The third-order valence-electron chi connectivity index (χ3n) is 3.46. The van der Waals surface area contributed by atoms with Gasteiger partial charge in [-0.05, 0) is 5.56 Å². The zero-order valence-corrected chi connectivity index (χ0v) is 8.60. The lowest BCUT2D eigenvalue weighted by Gasteiger charge is -2.10. The number of aliphatic hydroxyl groups excluding tert-OH is 1. The highest BCUT2D eigenvalue weighted by Crippen LogP contribution is 2.55. The highest BCUT2D eigenvalue weighted by molar-refractivity contribution is 5.36. The number of methoxy groups -OCH3 is 1. The van der Waals surface area contributed by atoms with Gasteiger partial charge in [0.1, 0.15) is 0 Å². The van der Waals surface area contributed by atoms with E-state index in [1.807, 2.05) is 18.2 Å². The fourth-order valence-electron chi connectivity index (χ4n) is 2.43. The van der Waals surface area contributed by atoms with Crippen molar-refractivity contribution < 1.29 is 9.84 Å². The Hall–Kier alpha value is -0.860. The van der Waals surface area contributed by atoms with Crippen LogP contribution in [-0.2, 0) is 10.2 Å². The number of rotatable bonds is 3. The molecule has 0 heterocycles. The maximum Gasteiger partial charge on any atom is 0.0729 e. The average molecular weight is 192 g/mol. The Morgan fingerprint density at radius 3 is 2.43 bits per heavy atom. The van der Waals surface area contributed by atoms with Gasteiger partial charge in [-0.15, -0.1) is 0 Å². The largest absolute Gasteiger partial charge is 0.396 e. The zero-order chi connectivity index (χ0) is 10.2. The summed E-state index contributed by atoms with van der Waals surface area (Å²) in [5.41, 5.74) is 1.26. The van der Waals surface area contributed by atoms with E-state index in [9.17, 15) is 5.11 Å². The summed E-state index contributed by atoms with van der Waals surface area (Å²) in [4.78, 5) is 0. The SMILES string of the molecule is CO[C@@H]1[C@@H](CO)[C@]1(C)c1ccccc1.